The summed E-state index contributed by atoms with van der Waals surface area (Å²) in [7, 11) is 3.39. The molecule has 17 heteroatoms. The van der Waals surface area contributed by atoms with Gasteiger partial charge in [-0.3, -0.25) is 29.4 Å². The number of rotatable bonds is 12. The Morgan fingerprint density at radius 3 is 2.43 bits per heavy atom. The number of aromatic nitrogens is 1. The second kappa shape index (κ2) is 17.4. The van der Waals surface area contributed by atoms with Crippen molar-refractivity contribution in [2.45, 2.75) is 83.9 Å². The van der Waals surface area contributed by atoms with Gasteiger partial charge in [0.15, 0.2) is 0 Å². The molecule has 0 bridgehead atoms. The van der Waals surface area contributed by atoms with Crippen LogP contribution in [0.2, 0.25) is 0 Å². The van der Waals surface area contributed by atoms with Gasteiger partial charge in [0.2, 0.25) is 11.8 Å². The molecule has 4 aromatic rings. The minimum Gasteiger partial charge on any atom is -0.489 e. The largest absolute Gasteiger partial charge is 0.489 e. The quantitative estimate of drug-likeness (QED) is 0.0865. The molecule has 4 amide bonds. The number of halogens is 4. The standard InChI is InChI=1S/C44H48F4N8O5/c1-24(2)61-37-20-36(25(3)18-34(37)52-38-19-33(31(21-50-38)44(46,47)48)51-32-9-7-6-8-29(32)41(58)49-4)55-16-14-27(15-17-55)54(5)22-26-10-11-28-30(40(26)45)23-56(43(28)60)35-12-13-39(57)53-42(35)59/h6-11,18-21,24,27,35H,12-17,22-23H2,1-5H3,(H,49,58)(H2,50,51,52)(H,53,57,59). The highest BCUT2D eigenvalue weighted by Gasteiger charge is 2.41. The number of alkyl halides is 3. The number of carbonyl (C=O) groups excluding carboxylic acids is 4. The Labute approximate surface area is 350 Å². The summed E-state index contributed by atoms with van der Waals surface area (Å²) in [5.74, 6) is -1.66. The molecule has 0 aliphatic carbocycles. The zero-order valence-electron chi connectivity index (χ0n) is 34.5. The lowest BCUT2D eigenvalue weighted by Crippen LogP contribution is -2.52. The Bertz CT molecular complexity index is 2360. The van der Waals surface area contributed by atoms with Gasteiger partial charge >= 0.3 is 6.18 Å². The number of fused-ring (bicyclic) bond motifs is 1. The fraction of sp³-hybridized carbons (Fsp3) is 0.386. The van der Waals surface area contributed by atoms with Crippen LogP contribution in [0.5, 0.6) is 5.75 Å². The second-order valence-corrected chi connectivity index (χ2v) is 15.9. The molecular formula is C44H48F4N8O5. The van der Waals surface area contributed by atoms with E-state index in [-0.39, 0.29) is 71.3 Å². The molecule has 0 spiro atoms. The number of anilines is 5. The molecule has 0 radical (unpaired) electrons. The van der Waals surface area contributed by atoms with Crippen LogP contribution in [-0.4, -0.2) is 83.8 Å². The number of ether oxygens (including phenoxy) is 1. The molecule has 2 fully saturated rings. The zero-order valence-corrected chi connectivity index (χ0v) is 34.5. The maximum atomic E-state index is 16.0. The molecule has 3 aliphatic rings. The van der Waals surface area contributed by atoms with Gasteiger partial charge in [-0.05, 0) is 76.9 Å². The van der Waals surface area contributed by atoms with E-state index in [9.17, 15) is 32.3 Å². The van der Waals surface area contributed by atoms with E-state index in [0.717, 1.165) is 30.3 Å². The Balaban J connectivity index is 1.04. The lowest BCUT2D eigenvalue weighted by atomic mass is 10.00. The monoisotopic (exact) mass is 844 g/mol. The van der Waals surface area contributed by atoms with Crippen molar-refractivity contribution in [1.29, 1.82) is 0 Å². The van der Waals surface area contributed by atoms with Crippen LogP contribution in [0, 0.1) is 12.7 Å². The molecule has 13 nitrogen and oxygen atoms in total. The van der Waals surface area contributed by atoms with Gasteiger partial charge in [0.25, 0.3) is 11.8 Å². The number of amides is 4. The summed E-state index contributed by atoms with van der Waals surface area (Å²) in [6, 6.07) is 13.9. The number of piperidine rings is 2. The van der Waals surface area contributed by atoms with Gasteiger partial charge in [0.1, 0.15) is 23.4 Å². The topological polar surface area (TPSA) is 148 Å². The molecule has 322 valence electrons. The molecule has 3 aliphatic heterocycles. The van der Waals surface area contributed by atoms with E-state index < -0.39 is 41.3 Å². The molecule has 4 heterocycles. The van der Waals surface area contributed by atoms with E-state index in [1.807, 2.05) is 40.0 Å². The van der Waals surface area contributed by atoms with E-state index in [1.165, 1.54) is 30.1 Å². The molecule has 1 atom stereocenters. The number of carbonyl (C=O) groups is 4. The van der Waals surface area contributed by atoms with Gasteiger partial charge in [-0.1, -0.05) is 18.2 Å². The molecule has 3 aromatic carbocycles. The van der Waals surface area contributed by atoms with Crippen molar-refractivity contribution < 1.29 is 41.5 Å². The third kappa shape index (κ3) is 9.11. The third-order valence-electron chi connectivity index (χ3n) is 11.4. The van der Waals surface area contributed by atoms with E-state index in [1.54, 1.807) is 24.3 Å². The van der Waals surface area contributed by atoms with Gasteiger partial charge in [-0.2, -0.15) is 13.2 Å². The van der Waals surface area contributed by atoms with Gasteiger partial charge in [0, 0.05) is 79.9 Å². The van der Waals surface area contributed by atoms with Gasteiger partial charge < -0.3 is 30.5 Å². The Kier molecular flexibility index (Phi) is 12.2. The average molecular weight is 845 g/mol. The Morgan fingerprint density at radius 2 is 1.74 bits per heavy atom. The van der Waals surface area contributed by atoms with Crippen LogP contribution in [-0.2, 0) is 28.9 Å². The van der Waals surface area contributed by atoms with Crippen molar-refractivity contribution in [1.82, 2.24) is 25.4 Å². The number of aryl methyl sites for hydroxylation is 1. The van der Waals surface area contributed by atoms with Gasteiger partial charge in [-0.25, -0.2) is 9.37 Å². The van der Waals surface area contributed by atoms with Crippen LogP contribution in [0.25, 0.3) is 0 Å². The predicted molar refractivity (Wildman–Crippen MR) is 222 cm³/mol. The number of para-hydroxylation sites is 1. The minimum atomic E-state index is -4.73. The van der Waals surface area contributed by atoms with Crippen molar-refractivity contribution in [3.63, 3.8) is 0 Å². The van der Waals surface area contributed by atoms with Crippen molar-refractivity contribution >= 4 is 52.2 Å². The lowest BCUT2D eigenvalue weighted by molar-refractivity contribution is -0.138. The molecule has 1 aromatic heterocycles. The number of nitrogens with zero attached hydrogens (tertiary/aromatic N) is 4. The number of pyridine rings is 1. The van der Waals surface area contributed by atoms with E-state index in [2.05, 4.69) is 36.1 Å². The average Bonchev–Trinajstić information content (AvgIpc) is 3.55. The highest BCUT2D eigenvalue weighted by Crippen LogP contribution is 2.41. The summed E-state index contributed by atoms with van der Waals surface area (Å²) >= 11 is 0. The Hall–Kier alpha value is -6.23. The molecule has 4 N–H and O–H groups in total. The molecular weight excluding hydrogens is 797 g/mol. The van der Waals surface area contributed by atoms with E-state index >= 15 is 4.39 Å². The number of hydrogen-bond acceptors (Lipinski definition) is 10. The fourth-order valence-electron chi connectivity index (χ4n) is 8.25. The van der Waals surface area contributed by atoms with Crippen molar-refractivity contribution in [2.75, 3.05) is 42.7 Å². The van der Waals surface area contributed by atoms with Crippen LogP contribution >= 0.6 is 0 Å². The van der Waals surface area contributed by atoms with Crippen molar-refractivity contribution in [2.24, 2.45) is 0 Å². The normalized spacial score (nSPS) is 17.2. The van der Waals surface area contributed by atoms with Crippen LogP contribution in [0.1, 0.15) is 82.5 Å². The Morgan fingerprint density at radius 1 is 1.00 bits per heavy atom. The number of benzene rings is 3. The first-order valence-electron chi connectivity index (χ1n) is 20.2. The summed E-state index contributed by atoms with van der Waals surface area (Å²) in [6.45, 7) is 7.37. The third-order valence-corrected chi connectivity index (χ3v) is 11.4. The summed E-state index contributed by atoms with van der Waals surface area (Å²) < 4.78 is 64.8. The summed E-state index contributed by atoms with van der Waals surface area (Å²) in [5.41, 5.74) is 2.36. The van der Waals surface area contributed by atoms with Gasteiger partial charge in [0.05, 0.1) is 40.8 Å². The molecule has 1 unspecified atom stereocenters. The smallest absolute Gasteiger partial charge is 0.419 e. The second-order valence-electron chi connectivity index (χ2n) is 15.9. The summed E-state index contributed by atoms with van der Waals surface area (Å²) in [6.07, 6.45) is -2.34. The highest BCUT2D eigenvalue weighted by atomic mass is 19.4. The maximum Gasteiger partial charge on any atom is 0.419 e. The predicted octanol–water partition coefficient (Wildman–Crippen LogP) is 7.04. The van der Waals surface area contributed by atoms with Crippen LogP contribution < -0.4 is 30.9 Å². The van der Waals surface area contributed by atoms with Crippen LogP contribution in [0.4, 0.5) is 46.1 Å². The van der Waals surface area contributed by atoms with Crippen molar-refractivity contribution in [3.8, 4) is 5.75 Å². The molecule has 2 saturated heterocycles. The molecule has 61 heavy (non-hydrogen) atoms. The van der Waals surface area contributed by atoms with Gasteiger partial charge in [-0.15, -0.1) is 0 Å². The van der Waals surface area contributed by atoms with Crippen LogP contribution in [0.3, 0.4) is 0 Å². The first kappa shape index (κ1) is 42.9. The number of imide groups is 1. The summed E-state index contributed by atoms with van der Waals surface area (Å²) in [4.78, 5) is 59.6. The SMILES string of the molecule is CNC(=O)c1ccccc1Nc1cc(Nc2cc(C)c(N3CCC(N(C)Cc4ccc5c(c4F)CN(C4CCC(=O)NC4=O)C5=O)CC3)cc2OC(C)C)ncc1C(F)(F)F. The maximum absolute atomic E-state index is 16.0. The van der Waals surface area contributed by atoms with E-state index in [0.29, 0.717) is 36.6 Å². The number of nitrogens with one attached hydrogen (secondary N) is 4. The lowest BCUT2D eigenvalue weighted by Gasteiger charge is -2.38. The fourth-order valence-corrected chi connectivity index (χ4v) is 8.25. The van der Waals surface area contributed by atoms with Crippen molar-refractivity contribution in [3.05, 3.63) is 100.0 Å². The summed E-state index contributed by atoms with van der Waals surface area (Å²) in [5, 5.41) is 10.7. The molecule has 7 rings (SSSR count). The first-order valence-corrected chi connectivity index (χ1v) is 20.2. The minimum absolute atomic E-state index is 0.0348. The number of hydrogen-bond donors (Lipinski definition) is 4. The van der Waals surface area contributed by atoms with E-state index in [4.69, 9.17) is 4.74 Å². The highest BCUT2D eigenvalue weighted by molar-refractivity contribution is 6.05. The molecule has 0 saturated carbocycles. The zero-order chi connectivity index (χ0) is 43.7. The first-order chi connectivity index (χ1) is 29.0. The van der Waals surface area contributed by atoms with Crippen LogP contribution in [0.15, 0.2) is 60.8 Å².